The minimum absolute atomic E-state index is 0. The zero-order valence-electron chi connectivity index (χ0n) is 6.35. The van der Waals surface area contributed by atoms with E-state index in [-0.39, 0.29) is 32.7 Å². The van der Waals surface area contributed by atoms with Crippen molar-refractivity contribution in [2.24, 2.45) is 4.99 Å². The molecule has 0 amide bonds. The summed E-state index contributed by atoms with van der Waals surface area (Å²) >= 11 is 5.54. The average Bonchev–Trinajstić information content (AvgIpc) is 1.94. The Balaban J connectivity index is 0.000001000. The molecule has 1 aromatic heterocycles. The van der Waals surface area contributed by atoms with E-state index >= 15 is 0 Å². The van der Waals surface area contributed by atoms with Crippen LogP contribution >= 0.6 is 11.6 Å². The average molecular weight is 246 g/mol. The maximum atomic E-state index is 5.54. The summed E-state index contributed by atoms with van der Waals surface area (Å²) in [5.41, 5.74) is 1.59. The van der Waals surface area contributed by atoms with Crippen molar-refractivity contribution >= 4 is 11.6 Å². The number of hydrogen-bond acceptors (Lipinski definition) is 2. The molecule has 5 heteroatoms. The SMILES string of the molecule is CN=c1[nH]c(Cl)n[c-]c1C.[Y]. The van der Waals surface area contributed by atoms with Crippen LogP contribution in [-0.4, -0.2) is 17.0 Å². The van der Waals surface area contributed by atoms with Gasteiger partial charge in [-0.2, -0.15) is 0 Å². The Morgan fingerprint density at radius 3 is 2.73 bits per heavy atom. The first-order valence-corrected chi connectivity index (χ1v) is 3.18. The van der Waals surface area contributed by atoms with Crippen molar-refractivity contribution in [3.05, 3.63) is 22.5 Å². The first-order valence-electron chi connectivity index (χ1n) is 2.81. The molecule has 0 aliphatic heterocycles. The van der Waals surface area contributed by atoms with E-state index in [0.717, 1.165) is 11.1 Å². The summed E-state index contributed by atoms with van der Waals surface area (Å²) in [6.07, 6.45) is 2.71. The summed E-state index contributed by atoms with van der Waals surface area (Å²) in [5.74, 6) is 0. The monoisotopic (exact) mass is 245 g/mol. The number of aryl methyl sites for hydroxylation is 1. The molecule has 0 unspecified atom stereocenters. The Labute approximate surface area is 95.2 Å². The largest absolute Gasteiger partial charge is 0.421 e. The third-order valence-corrected chi connectivity index (χ3v) is 1.30. The predicted octanol–water partition coefficient (Wildman–Crippen LogP) is 0.700. The number of rotatable bonds is 0. The van der Waals surface area contributed by atoms with Crippen LogP contribution in [0.4, 0.5) is 0 Å². The van der Waals surface area contributed by atoms with Crippen molar-refractivity contribution in [3.8, 4) is 0 Å². The van der Waals surface area contributed by atoms with E-state index in [9.17, 15) is 0 Å². The van der Waals surface area contributed by atoms with Crippen LogP contribution in [0.2, 0.25) is 5.28 Å². The van der Waals surface area contributed by atoms with Gasteiger partial charge in [0.2, 0.25) is 0 Å². The van der Waals surface area contributed by atoms with Gasteiger partial charge in [-0.1, -0.05) is 13.1 Å². The molecule has 1 heterocycles. The van der Waals surface area contributed by atoms with Crippen LogP contribution in [0.3, 0.4) is 0 Å². The van der Waals surface area contributed by atoms with E-state index in [4.69, 9.17) is 11.6 Å². The van der Waals surface area contributed by atoms with Crippen LogP contribution in [-0.2, 0) is 32.7 Å². The fraction of sp³-hybridized carbons (Fsp3) is 0.333. The fourth-order valence-electron chi connectivity index (χ4n) is 0.629. The van der Waals surface area contributed by atoms with Crippen LogP contribution in [0.25, 0.3) is 0 Å². The van der Waals surface area contributed by atoms with Crippen molar-refractivity contribution < 1.29 is 32.7 Å². The van der Waals surface area contributed by atoms with Crippen molar-refractivity contribution in [1.29, 1.82) is 0 Å². The molecule has 0 aromatic carbocycles. The molecule has 3 nitrogen and oxygen atoms in total. The van der Waals surface area contributed by atoms with Crippen LogP contribution in [0.1, 0.15) is 5.56 Å². The van der Waals surface area contributed by atoms with Gasteiger partial charge in [-0.25, -0.2) is 0 Å². The quantitative estimate of drug-likeness (QED) is 0.530. The van der Waals surface area contributed by atoms with Gasteiger partial charge in [0.15, 0.2) is 0 Å². The third-order valence-electron chi connectivity index (χ3n) is 1.12. The summed E-state index contributed by atoms with van der Waals surface area (Å²) in [7, 11) is 1.68. The maximum absolute atomic E-state index is 5.54. The molecule has 0 aliphatic rings. The van der Waals surface area contributed by atoms with Gasteiger partial charge in [0, 0.05) is 45.2 Å². The molecule has 0 fully saturated rings. The van der Waals surface area contributed by atoms with Crippen LogP contribution < -0.4 is 5.49 Å². The van der Waals surface area contributed by atoms with E-state index in [1.807, 2.05) is 6.92 Å². The molecule has 0 saturated heterocycles. The van der Waals surface area contributed by atoms with Gasteiger partial charge >= 0.3 is 0 Å². The first-order chi connectivity index (χ1) is 4.74. The maximum Gasteiger partial charge on any atom is 0.0863 e. The van der Waals surface area contributed by atoms with E-state index in [2.05, 4.69) is 21.2 Å². The second kappa shape index (κ2) is 5.01. The Kier molecular flexibility index (Phi) is 5.14. The van der Waals surface area contributed by atoms with E-state index < -0.39 is 0 Å². The molecule has 0 atom stereocenters. The zero-order valence-corrected chi connectivity index (χ0v) is 9.94. The van der Waals surface area contributed by atoms with Gasteiger partial charge in [-0.15, -0.1) is 17.2 Å². The van der Waals surface area contributed by atoms with Gasteiger partial charge in [0.25, 0.3) is 0 Å². The van der Waals surface area contributed by atoms with Crippen LogP contribution in [0, 0.1) is 13.1 Å². The van der Waals surface area contributed by atoms with Gasteiger partial charge in [-0.05, 0) is 0 Å². The molecule has 0 aliphatic carbocycles. The van der Waals surface area contributed by atoms with Crippen molar-refractivity contribution in [2.45, 2.75) is 6.92 Å². The first kappa shape index (κ1) is 11.3. The number of aromatic nitrogens is 2. The molecule has 1 rings (SSSR count). The Morgan fingerprint density at radius 2 is 2.27 bits per heavy atom. The van der Waals surface area contributed by atoms with Crippen LogP contribution in [0.5, 0.6) is 0 Å². The van der Waals surface area contributed by atoms with E-state index in [1.165, 1.54) is 0 Å². The van der Waals surface area contributed by atoms with Crippen molar-refractivity contribution in [3.63, 3.8) is 0 Å². The fourth-order valence-corrected chi connectivity index (χ4v) is 0.761. The van der Waals surface area contributed by atoms with Gasteiger partial charge < -0.3 is 15.0 Å². The summed E-state index contributed by atoms with van der Waals surface area (Å²) in [6, 6.07) is 0. The minimum Gasteiger partial charge on any atom is -0.421 e. The molecule has 1 N–H and O–H groups in total. The molecule has 0 spiro atoms. The number of nitrogens with zero attached hydrogens (tertiary/aromatic N) is 2. The molecule has 1 radical (unpaired) electrons. The summed E-state index contributed by atoms with van der Waals surface area (Å²) in [4.78, 5) is 10.4. The third kappa shape index (κ3) is 3.01. The van der Waals surface area contributed by atoms with E-state index in [1.54, 1.807) is 7.05 Å². The smallest absolute Gasteiger partial charge is 0.0863 e. The second-order valence-electron chi connectivity index (χ2n) is 1.84. The number of hydrogen-bond donors (Lipinski definition) is 1. The molecular formula is C6H7ClN3Y-. The molecule has 1 aromatic rings. The van der Waals surface area contributed by atoms with Crippen molar-refractivity contribution in [1.82, 2.24) is 9.97 Å². The van der Waals surface area contributed by atoms with Crippen molar-refractivity contribution in [2.75, 3.05) is 7.05 Å². The predicted molar refractivity (Wildman–Crippen MR) is 38.7 cm³/mol. The second-order valence-corrected chi connectivity index (χ2v) is 2.19. The Bertz CT molecular complexity index is 294. The normalized spacial score (nSPS) is 11.0. The molecule has 0 saturated carbocycles. The number of nitrogens with one attached hydrogen (secondary N) is 1. The van der Waals surface area contributed by atoms with Crippen LogP contribution in [0.15, 0.2) is 4.99 Å². The molecule has 57 valence electrons. The van der Waals surface area contributed by atoms with Gasteiger partial charge in [0.1, 0.15) is 0 Å². The van der Waals surface area contributed by atoms with Gasteiger partial charge in [0.05, 0.1) is 5.28 Å². The molecule has 11 heavy (non-hydrogen) atoms. The number of aromatic amines is 1. The summed E-state index contributed by atoms with van der Waals surface area (Å²) < 4.78 is 0. The molecular weight excluding hydrogens is 238 g/mol. The topological polar surface area (TPSA) is 41.0 Å². The summed E-state index contributed by atoms with van der Waals surface area (Å²) in [6.45, 7) is 1.86. The number of halogens is 1. The Hall–Kier alpha value is 0.274. The number of H-pyrrole nitrogens is 1. The minimum atomic E-state index is 0. The standard InChI is InChI=1S/C6H7ClN3.Y/c1-4-3-9-6(7)10-5(4)8-2;/h1-2H3,(H,8,9,10);/q-1;. The Morgan fingerprint density at radius 1 is 1.64 bits per heavy atom. The van der Waals surface area contributed by atoms with E-state index in [0.29, 0.717) is 5.28 Å². The molecule has 0 bridgehead atoms. The van der Waals surface area contributed by atoms with Gasteiger partial charge in [-0.3, -0.25) is 0 Å². The zero-order chi connectivity index (χ0) is 7.56. The summed E-state index contributed by atoms with van der Waals surface area (Å²) in [5, 5.41) is 0.311.